The molecule has 0 bridgehead atoms. The van der Waals surface area contributed by atoms with E-state index in [1.54, 1.807) is 0 Å². The SMILES string of the molecule is COC(=O)[C@H](C)[C@H](O[Si](C)(C)C)C(C)(C)C. The lowest BCUT2D eigenvalue weighted by molar-refractivity contribution is -0.150. The van der Waals surface area contributed by atoms with Crippen LogP contribution in [0.5, 0.6) is 0 Å². The van der Waals surface area contributed by atoms with Crippen LogP contribution < -0.4 is 0 Å². The molecule has 0 spiro atoms. The smallest absolute Gasteiger partial charge is 0.310 e. The van der Waals surface area contributed by atoms with Gasteiger partial charge in [-0.3, -0.25) is 4.79 Å². The van der Waals surface area contributed by atoms with Gasteiger partial charge in [0.25, 0.3) is 0 Å². The van der Waals surface area contributed by atoms with Gasteiger partial charge in [-0.05, 0) is 32.0 Å². The summed E-state index contributed by atoms with van der Waals surface area (Å²) >= 11 is 0. The lowest BCUT2D eigenvalue weighted by Crippen LogP contribution is -2.45. The quantitative estimate of drug-likeness (QED) is 0.565. The third kappa shape index (κ3) is 5.12. The summed E-state index contributed by atoms with van der Waals surface area (Å²) in [5.41, 5.74) is -0.0616. The van der Waals surface area contributed by atoms with E-state index < -0.39 is 8.32 Å². The van der Waals surface area contributed by atoms with Crippen molar-refractivity contribution in [1.29, 1.82) is 0 Å². The molecule has 0 aliphatic heterocycles. The van der Waals surface area contributed by atoms with Crippen LogP contribution in [0, 0.1) is 11.3 Å². The van der Waals surface area contributed by atoms with E-state index in [2.05, 4.69) is 40.4 Å². The number of carbonyl (C=O) groups is 1. The van der Waals surface area contributed by atoms with Crippen molar-refractivity contribution in [2.45, 2.75) is 53.4 Å². The summed E-state index contributed by atoms with van der Waals surface area (Å²) in [5, 5.41) is 0. The minimum atomic E-state index is -1.66. The van der Waals surface area contributed by atoms with E-state index in [4.69, 9.17) is 9.16 Å². The van der Waals surface area contributed by atoms with E-state index in [0.29, 0.717) is 0 Å². The van der Waals surface area contributed by atoms with Gasteiger partial charge < -0.3 is 9.16 Å². The van der Waals surface area contributed by atoms with Crippen molar-refractivity contribution in [3.63, 3.8) is 0 Å². The Balaban J connectivity index is 4.89. The Kier molecular flexibility index (Phi) is 5.20. The Hall–Kier alpha value is -0.353. The molecule has 0 fully saturated rings. The molecule has 16 heavy (non-hydrogen) atoms. The van der Waals surface area contributed by atoms with Crippen molar-refractivity contribution in [1.82, 2.24) is 0 Å². The Morgan fingerprint density at radius 2 is 1.62 bits per heavy atom. The first-order valence-corrected chi connectivity index (χ1v) is 9.15. The van der Waals surface area contributed by atoms with Gasteiger partial charge in [-0.2, -0.15) is 0 Å². The van der Waals surface area contributed by atoms with E-state index in [9.17, 15) is 4.79 Å². The molecule has 2 atom stereocenters. The van der Waals surface area contributed by atoms with E-state index in [1.807, 2.05) is 6.92 Å². The minimum absolute atomic E-state index is 0.0616. The first-order valence-electron chi connectivity index (χ1n) is 5.74. The minimum Gasteiger partial charge on any atom is -0.469 e. The van der Waals surface area contributed by atoms with Crippen LogP contribution in [0.3, 0.4) is 0 Å². The van der Waals surface area contributed by atoms with Gasteiger partial charge in [0.05, 0.1) is 19.1 Å². The highest BCUT2D eigenvalue weighted by Crippen LogP contribution is 2.31. The number of esters is 1. The van der Waals surface area contributed by atoms with Crippen molar-refractivity contribution in [3.8, 4) is 0 Å². The highest BCUT2D eigenvalue weighted by atomic mass is 28.4. The van der Waals surface area contributed by atoms with Crippen LogP contribution in [-0.2, 0) is 14.0 Å². The predicted molar refractivity (Wildman–Crippen MR) is 68.9 cm³/mol. The zero-order chi connectivity index (χ0) is 13.1. The van der Waals surface area contributed by atoms with Crippen molar-refractivity contribution >= 4 is 14.3 Å². The van der Waals surface area contributed by atoms with Gasteiger partial charge in [-0.25, -0.2) is 0 Å². The maximum atomic E-state index is 11.6. The van der Waals surface area contributed by atoms with Crippen LogP contribution in [0.15, 0.2) is 0 Å². The normalized spacial score (nSPS) is 16.8. The third-order valence-corrected chi connectivity index (χ3v) is 3.32. The monoisotopic (exact) mass is 246 g/mol. The average Bonchev–Trinajstić information content (AvgIpc) is 2.08. The first-order chi connectivity index (χ1) is 6.99. The largest absolute Gasteiger partial charge is 0.469 e. The molecule has 0 radical (unpaired) electrons. The second-order valence-electron chi connectivity index (χ2n) is 6.33. The summed E-state index contributed by atoms with van der Waals surface area (Å²) < 4.78 is 10.9. The third-order valence-electron chi connectivity index (χ3n) is 2.36. The van der Waals surface area contributed by atoms with Crippen LogP contribution in [0.4, 0.5) is 0 Å². The highest BCUT2D eigenvalue weighted by molar-refractivity contribution is 6.69. The summed E-state index contributed by atoms with van der Waals surface area (Å²) in [6.07, 6.45) is -0.0911. The zero-order valence-electron chi connectivity index (χ0n) is 11.9. The molecule has 3 nitrogen and oxygen atoms in total. The van der Waals surface area contributed by atoms with Gasteiger partial charge in [0.2, 0.25) is 0 Å². The van der Waals surface area contributed by atoms with Gasteiger partial charge in [0, 0.05) is 0 Å². The van der Waals surface area contributed by atoms with Gasteiger partial charge in [0.1, 0.15) is 0 Å². The molecular weight excluding hydrogens is 220 g/mol. The molecule has 0 aromatic rings. The Bertz CT molecular complexity index is 238. The maximum Gasteiger partial charge on any atom is 0.310 e. The van der Waals surface area contributed by atoms with Crippen molar-refractivity contribution in [3.05, 3.63) is 0 Å². The summed E-state index contributed by atoms with van der Waals surface area (Å²) in [6.45, 7) is 14.6. The number of carbonyl (C=O) groups excluding carboxylic acids is 1. The zero-order valence-corrected chi connectivity index (χ0v) is 12.9. The number of methoxy groups -OCH3 is 1. The van der Waals surface area contributed by atoms with Crippen LogP contribution >= 0.6 is 0 Å². The molecule has 0 aromatic heterocycles. The molecule has 0 amide bonds. The van der Waals surface area contributed by atoms with Crippen LogP contribution in [0.1, 0.15) is 27.7 Å². The summed E-state index contributed by atoms with van der Waals surface area (Å²) in [5.74, 6) is -0.421. The molecule has 4 heteroatoms. The number of hydrogen-bond donors (Lipinski definition) is 0. The maximum absolute atomic E-state index is 11.6. The van der Waals surface area contributed by atoms with Gasteiger partial charge >= 0.3 is 5.97 Å². The van der Waals surface area contributed by atoms with Crippen LogP contribution in [0.25, 0.3) is 0 Å². The van der Waals surface area contributed by atoms with Gasteiger partial charge in [0.15, 0.2) is 8.32 Å². The molecule has 0 heterocycles. The van der Waals surface area contributed by atoms with E-state index in [0.717, 1.165) is 0 Å². The topological polar surface area (TPSA) is 35.5 Å². The fourth-order valence-electron chi connectivity index (χ4n) is 1.72. The molecular formula is C12H26O3Si. The van der Waals surface area contributed by atoms with E-state index in [-0.39, 0.29) is 23.4 Å². The molecule has 0 aliphatic rings. The fourth-order valence-corrected chi connectivity index (χ4v) is 3.04. The number of hydrogen-bond acceptors (Lipinski definition) is 3. The van der Waals surface area contributed by atoms with Crippen LogP contribution in [0.2, 0.25) is 19.6 Å². The second kappa shape index (κ2) is 5.32. The van der Waals surface area contributed by atoms with E-state index >= 15 is 0 Å². The number of ether oxygens (including phenoxy) is 1. The molecule has 0 unspecified atom stereocenters. The number of rotatable bonds is 4. The van der Waals surface area contributed by atoms with Gasteiger partial charge in [-0.15, -0.1) is 0 Å². The summed E-state index contributed by atoms with van der Waals surface area (Å²) in [7, 11) is -0.236. The van der Waals surface area contributed by atoms with E-state index in [1.165, 1.54) is 7.11 Å². The summed E-state index contributed by atoms with van der Waals surface area (Å²) in [4.78, 5) is 11.6. The first kappa shape index (κ1) is 15.6. The molecule has 0 rings (SSSR count). The van der Waals surface area contributed by atoms with Crippen molar-refractivity contribution in [2.24, 2.45) is 11.3 Å². The molecule has 0 saturated heterocycles. The fraction of sp³-hybridized carbons (Fsp3) is 0.917. The predicted octanol–water partition coefficient (Wildman–Crippen LogP) is 3.06. The summed E-state index contributed by atoms with van der Waals surface area (Å²) in [6, 6.07) is 0. The molecule has 0 aliphatic carbocycles. The Morgan fingerprint density at radius 1 is 1.19 bits per heavy atom. The molecule has 0 N–H and O–H groups in total. The molecule has 0 saturated carbocycles. The Labute approximate surface area is 101 Å². The van der Waals surface area contributed by atoms with Crippen molar-refractivity contribution < 1.29 is 14.0 Å². The standard InChI is InChI=1S/C12H26O3Si/c1-9(11(13)14-5)10(12(2,3)4)15-16(6,7)8/h9-10H,1-8H3/t9-,10+/m1/s1. The van der Waals surface area contributed by atoms with Crippen molar-refractivity contribution in [2.75, 3.05) is 7.11 Å². The molecule has 96 valence electrons. The Morgan fingerprint density at radius 3 is 1.88 bits per heavy atom. The lowest BCUT2D eigenvalue weighted by Gasteiger charge is -2.38. The van der Waals surface area contributed by atoms with Gasteiger partial charge in [-0.1, -0.05) is 20.8 Å². The highest BCUT2D eigenvalue weighted by Gasteiger charge is 2.38. The van der Waals surface area contributed by atoms with Crippen LogP contribution in [-0.4, -0.2) is 27.5 Å². The lowest BCUT2D eigenvalue weighted by atomic mass is 9.82. The second-order valence-corrected chi connectivity index (χ2v) is 10.8. The molecule has 0 aromatic carbocycles. The average molecular weight is 246 g/mol.